The summed E-state index contributed by atoms with van der Waals surface area (Å²) in [5.41, 5.74) is 9.78. The molecule has 0 spiro atoms. The van der Waals surface area contributed by atoms with Crippen molar-refractivity contribution in [1.29, 1.82) is 0 Å². The third-order valence-corrected chi connectivity index (χ3v) is 8.74. The van der Waals surface area contributed by atoms with Gasteiger partial charge < -0.3 is 4.57 Å². The zero-order valence-corrected chi connectivity index (χ0v) is 24.6. The Balaban J connectivity index is 1.53. The van der Waals surface area contributed by atoms with E-state index in [1.165, 1.54) is 0 Å². The van der Waals surface area contributed by atoms with Gasteiger partial charge in [0.25, 0.3) is 0 Å². The van der Waals surface area contributed by atoms with Crippen LogP contribution in [0.1, 0.15) is 9.68 Å². The maximum absolute atomic E-state index is 9.51. The number of aryl methyl sites for hydroxylation is 1. The first-order chi connectivity index (χ1) is 23.5. The average molecular weight is 579 g/mol. The molecule has 0 aliphatic rings. The third kappa shape index (κ3) is 4.01. The predicted octanol–water partition coefficient (Wildman–Crippen LogP) is 10.9. The van der Waals surface area contributed by atoms with Gasteiger partial charge in [-0.05, 0) is 77.7 Å². The van der Waals surface area contributed by atoms with Crippen molar-refractivity contribution in [3.63, 3.8) is 0 Å². The number of nitrogens with zero attached hydrogens (tertiary/aromatic N) is 3. The smallest absolute Gasteiger partial charge is 0.137 e. The van der Waals surface area contributed by atoms with E-state index < -0.39 is 0 Å². The lowest BCUT2D eigenvalue weighted by Crippen LogP contribution is -2.00. The molecule has 3 heteroatoms. The summed E-state index contributed by atoms with van der Waals surface area (Å²) in [6, 6.07) is 45.8. The van der Waals surface area contributed by atoms with E-state index in [1.807, 2.05) is 42.5 Å². The number of hydrogen-bond donors (Lipinski definition) is 0. The van der Waals surface area contributed by atoms with Gasteiger partial charge in [-0.15, -0.1) is 0 Å². The van der Waals surface area contributed by atoms with Crippen LogP contribution in [0.3, 0.4) is 0 Å². The van der Waals surface area contributed by atoms with E-state index in [4.69, 9.17) is 6.35 Å². The summed E-state index contributed by atoms with van der Waals surface area (Å²) >= 11 is 0. The summed E-state index contributed by atoms with van der Waals surface area (Å²) in [7, 11) is 0. The molecule has 0 aliphatic carbocycles. The molecule has 0 fully saturated rings. The van der Waals surface area contributed by atoms with Crippen molar-refractivity contribution in [2.24, 2.45) is 0 Å². The minimum absolute atomic E-state index is 0.149. The Hall–Kier alpha value is -5.93. The standard InChI is InChI=1S/C42H29N3/c1-28-19-22-39-37(24-28)36-21-20-35-34-16-8-9-17-38(34)44(41(35)42(36)45(39)40-18-10-11-23-43-40)33-26-31(29-12-4-2-5-13-29)25-32(27-33)30-14-6-3-7-15-30/h2-27H,1H3/i8D,20D,21D. The van der Waals surface area contributed by atoms with Crippen LogP contribution in [-0.4, -0.2) is 14.1 Å². The highest BCUT2D eigenvalue weighted by Gasteiger charge is 2.22. The van der Waals surface area contributed by atoms with Gasteiger partial charge in [-0.3, -0.25) is 4.57 Å². The molecule has 3 heterocycles. The van der Waals surface area contributed by atoms with Crippen molar-refractivity contribution in [3.05, 3.63) is 163 Å². The molecule has 9 aromatic rings. The Morgan fingerprint density at radius 3 is 1.84 bits per heavy atom. The highest BCUT2D eigenvalue weighted by atomic mass is 15.1. The second-order valence-electron chi connectivity index (χ2n) is 11.5. The molecular formula is C42H29N3. The number of para-hydroxylation sites is 1. The summed E-state index contributed by atoms with van der Waals surface area (Å²) in [5, 5.41) is 3.06. The van der Waals surface area contributed by atoms with E-state index in [2.05, 4.69) is 101 Å². The van der Waals surface area contributed by atoms with E-state index in [9.17, 15) is 2.74 Å². The quantitative estimate of drug-likeness (QED) is 0.204. The van der Waals surface area contributed by atoms with Crippen LogP contribution in [0, 0.1) is 6.92 Å². The van der Waals surface area contributed by atoms with E-state index in [1.54, 1.807) is 12.3 Å². The fourth-order valence-electron chi connectivity index (χ4n) is 6.74. The molecule has 3 aromatic heterocycles. The van der Waals surface area contributed by atoms with Crippen molar-refractivity contribution in [2.45, 2.75) is 6.92 Å². The van der Waals surface area contributed by atoms with Crippen molar-refractivity contribution in [3.8, 4) is 33.8 Å². The molecular weight excluding hydrogens is 546 g/mol. The van der Waals surface area contributed by atoms with Crippen LogP contribution in [0.15, 0.2) is 158 Å². The summed E-state index contributed by atoms with van der Waals surface area (Å²) in [6.07, 6.45) is 1.79. The molecule has 0 saturated heterocycles. The Morgan fingerprint density at radius 2 is 1.16 bits per heavy atom. The molecule has 0 aliphatic heterocycles. The molecule has 0 bridgehead atoms. The van der Waals surface area contributed by atoms with Gasteiger partial charge in [0.2, 0.25) is 0 Å². The predicted molar refractivity (Wildman–Crippen MR) is 189 cm³/mol. The molecule has 3 nitrogen and oxygen atoms in total. The number of hydrogen-bond acceptors (Lipinski definition) is 1. The first kappa shape index (κ1) is 22.6. The van der Waals surface area contributed by atoms with Gasteiger partial charge in [0, 0.05) is 33.4 Å². The summed E-state index contributed by atoms with van der Waals surface area (Å²) in [4.78, 5) is 4.80. The largest absolute Gasteiger partial charge is 0.307 e. The van der Waals surface area contributed by atoms with Gasteiger partial charge in [-0.2, -0.15) is 0 Å². The fraction of sp³-hybridized carbons (Fsp3) is 0.0238. The number of rotatable bonds is 4. The molecule has 6 aromatic carbocycles. The third-order valence-electron chi connectivity index (χ3n) is 8.74. The lowest BCUT2D eigenvalue weighted by atomic mass is 9.98. The topological polar surface area (TPSA) is 22.8 Å². The Bertz CT molecular complexity index is 2640. The Morgan fingerprint density at radius 1 is 0.511 bits per heavy atom. The second kappa shape index (κ2) is 10.1. The van der Waals surface area contributed by atoms with E-state index in [-0.39, 0.29) is 12.1 Å². The summed E-state index contributed by atoms with van der Waals surface area (Å²) < 4.78 is 31.9. The monoisotopic (exact) mass is 578 g/mol. The molecule has 45 heavy (non-hydrogen) atoms. The highest BCUT2D eigenvalue weighted by molar-refractivity contribution is 6.23. The number of pyridine rings is 1. The van der Waals surface area contributed by atoms with Gasteiger partial charge >= 0.3 is 0 Å². The van der Waals surface area contributed by atoms with Crippen LogP contribution in [0.5, 0.6) is 0 Å². The van der Waals surface area contributed by atoms with Crippen LogP contribution < -0.4 is 0 Å². The summed E-state index contributed by atoms with van der Waals surface area (Å²) in [5.74, 6) is 0.737. The highest BCUT2D eigenvalue weighted by Crippen LogP contribution is 2.42. The van der Waals surface area contributed by atoms with Gasteiger partial charge in [-0.25, -0.2) is 4.98 Å². The zero-order valence-electron chi connectivity index (χ0n) is 27.6. The molecule has 0 radical (unpaired) electrons. The van der Waals surface area contributed by atoms with E-state index in [0.717, 1.165) is 77.5 Å². The molecule has 0 amide bonds. The molecule has 212 valence electrons. The van der Waals surface area contributed by atoms with Crippen LogP contribution in [0.2, 0.25) is 0 Å². The van der Waals surface area contributed by atoms with Crippen LogP contribution >= 0.6 is 0 Å². The molecule has 9 rings (SSSR count). The lowest BCUT2D eigenvalue weighted by Gasteiger charge is -2.15. The maximum Gasteiger partial charge on any atom is 0.137 e. The van der Waals surface area contributed by atoms with Gasteiger partial charge in [0.1, 0.15) is 5.82 Å². The molecule has 0 unspecified atom stereocenters. The number of fused-ring (bicyclic) bond motifs is 7. The normalized spacial score (nSPS) is 12.6. The Kier molecular flexibility index (Phi) is 5.06. The first-order valence-electron chi connectivity index (χ1n) is 16.6. The van der Waals surface area contributed by atoms with Gasteiger partial charge in [-0.1, -0.05) is 109 Å². The Labute approximate surface area is 265 Å². The van der Waals surface area contributed by atoms with Crippen LogP contribution in [0.4, 0.5) is 0 Å². The van der Waals surface area contributed by atoms with Crippen LogP contribution in [0.25, 0.3) is 77.4 Å². The molecule has 0 atom stereocenters. The SMILES string of the molecule is [2H]c1ccc2c(c1)c1c([2H])c([2H])c3c4cc(C)ccc4n(-c4ccccn4)c3c1n2-c1cc(-c2ccccc2)cc(-c2ccccc2)c1. The van der Waals surface area contributed by atoms with E-state index in [0.29, 0.717) is 11.4 Å². The van der Waals surface area contributed by atoms with Crippen molar-refractivity contribution in [2.75, 3.05) is 0 Å². The van der Waals surface area contributed by atoms with Crippen molar-refractivity contribution in [1.82, 2.24) is 14.1 Å². The van der Waals surface area contributed by atoms with Crippen molar-refractivity contribution < 1.29 is 4.11 Å². The number of benzene rings is 6. The van der Waals surface area contributed by atoms with Gasteiger partial charge in [0.05, 0.1) is 26.2 Å². The van der Waals surface area contributed by atoms with Crippen LogP contribution in [-0.2, 0) is 0 Å². The molecule has 0 N–H and O–H groups in total. The number of aromatic nitrogens is 3. The zero-order chi connectivity index (χ0) is 32.5. The average Bonchev–Trinajstić information content (AvgIpc) is 3.64. The van der Waals surface area contributed by atoms with Gasteiger partial charge in [0.15, 0.2) is 0 Å². The maximum atomic E-state index is 9.51. The second-order valence-corrected chi connectivity index (χ2v) is 11.5. The minimum Gasteiger partial charge on any atom is -0.307 e. The summed E-state index contributed by atoms with van der Waals surface area (Å²) in [6.45, 7) is 2.06. The van der Waals surface area contributed by atoms with E-state index >= 15 is 0 Å². The molecule has 0 saturated carbocycles. The first-order valence-corrected chi connectivity index (χ1v) is 15.1. The fourth-order valence-corrected chi connectivity index (χ4v) is 6.74. The minimum atomic E-state index is 0.149. The van der Waals surface area contributed by atoms with Crippen molar-refractivity contribution >= 4 is 43.6 Å². The lowest BCUT2D eigenvalue weighted by molar-refractivity contribution is 1.08.